The van der Waals surface area contributed by atoms with E-state index < -0.39 is 5.25 Å². The van der Waals surface area contributed by atoms with E-state index in [0.717, 1.165) is 17.5 Å². The molecule has 1 amide bonds. The van der Waals surface area contributed by atoms with Gasteiger partial charge in [0.25, 0.3) is 0 Å². The number of amides is 1. The van der Waals surface area contributed by atoms with E-state index in [1.807, 2.05) is 42.8 Å². The lowest BCUT2D eigenvalue weighted by molar-refractivity contribution is -0.115. The van der Waals surface area contributed by atoms with Crippen LogP contribution in [0.3, 0.4) is 0 Å². The minimum Gasteiger partial charge on any atom is -0.335 e. The van der Waals surface area contributed by atoms with Gasteiger partial charge in [-0.1, -0.05) is 48.5 Å². The van der Waals surface area contributed by atoms with Crippen molar-refractivity contribution in [2.24, 2.45) is 0 Å². The molecule has 0 aliphatic rings. The number of nitrogens with zero attached hydrogens (tertiary/aromatic N) is 5. The number of aryl methyl sites for hydroxylation is 1. The van der Waals surface area contributed by atoms with Gasteiger partial charge in [-0.25, -0.2) is 9.36 Å². The van der Waals surface area contributed by atoms with E-state index >= 15 is 0 Å². The Morgan fingerprint density at radius 1 is 1.21 bits per heavy atom. The lowest BCUT2D eigenvalue weighted by atomic mass is 10.1. The number of aromatic nitrogens is 5. The van der Waals surface area contributed by atoms with Gasteiger partial charge in [0.05, 0.1) is 17.5 Å². The van der Waals surface area contributed by atoms with Crippen molar-refractivity contribution in [3.8, 4) is 11.4 Å². The summed E-state index contributed by atoms with van der Waals surface area (Å²) in [7, 11) is 0. The molecule has 3 aromatic rings. The van der Waals surface area contributed by atoms with E-state index in [2.05, 4.69) is 34.5 Å². The Hall–Kier alpha value is -2.81. The van der Waals surface area contributed by atoms with Crippen molar-refractivity contribution in [1.29, 1.82) is 0 Å². The summed E-state index contributed by atoms with van der Waals surface area (Å²) in [6.07, 6.45) is 2.61. The maximum atomic E-state index is 12.6. The number of benzene rings is 1. The number of nitrogens with one attached hydrogen (secondary N) is 1. The van der Waals surface area contributed by atoms with Crippen molar-refractivity contribution in [3.05, 3.63) is 42.1 Å². The molecule has 2 heterocycles. The van der Waals surface area contributed by atoms with Crippen molar-refractivity contribution >= 4 is 23.5 Å². The molecule has 9 heteroatoms. The predicted octanol–water partition coefficient (Wildman–Crippen LogP) is 3.25. The van der Waals surface area contributed by atoms with Crippen molar-refractivity contribution < 1.29 is 4.79 Å². The highest BCUT2D eigenvalue weighted by molar-refractivity contribution is 8.00. The zero-order valence-electron chi connectivity index (χ0n) is 16.5. The molecule has 148 valence electrons. The number of anilines is 1. The summed E-state index contributed by atoms with van der Waals surface area (Å²) < 4.78 is 3.23. The Bertz CT molecular complexity index is 948. The molecule has 2 aromatic heterocycles. The highest BCUT2D eigenvalue weighted by atomic mass is 32.2. The van der Waals surface area contributed by atoms with Gasteiger partial charge >= 0.3 is 0 Å². The molecule has 0 aliphatic carbocycles. The van der Waals surface area contributed by atoms with E-state index in [1.54, 1.807) is 12.3 Å². The Kier molecular flexibility index (Phi) is 6.03. The lowest BCUT2D eigenvalue weighted by Gasteiger charge is -2.16. The van der Waals surface area contributed by atoms with Crippen LogP contribution in [0.4, 0.5) is 5.82 Å². The maximum Gasteiger partial charge on any atom is 0.238 e. The van der Waals surface area contributed by atoms with Crippen LogP contribution in [0.1, 0.15) is 38.8 Å². The third-order valence-electron chi connectivity index (χ3n) is 4.56. The molecule has 8 nitrogen and oxygen atoms in total. The van der Waals surface area contributed by atoms with Gasteiger partial charge in [0.15, 0.2) is 5.82 Å². The minimum atomic E-state index is -0.405. The fourth-order valence-electron chi connectivity index (χ4n) is 2.63. The molecule has 0 fully saturated rings. The number of carbonyl (C=O) groups is 1. The first-order valence-electron chi connectivity index (χ1n) is 9.19. The summed E-state index contributed by atoms with van der Waals surface area (Å²) in [5, 5.41) is 15.6. The van der Waals surface area contributed by atoms with Gasteiger partial charge in [0.2, 0.25) is 11.1 Å². The van der Waals surface area contributed by atoms with Gasteiger partial charge in [0.1, 0.15) is 5.82 Å². The maximum absolute atomic E-state index is 12.6. The van der Waals surface area contributed by atoms with E-state index in [1.165, 1.54) is 16.4 Å². The van der Waals surface area contributed by atoms with Gasteiger partial charge in [-0.3, -0.25) is 4.79 Å². The third-order valence-corrected chi connectivity index (χ3v) is 5.61. The summed E-state index contributed by atoms with van der Waals surface area (Å²) in [4.78, 5) is 12.6. The van der Waals surface area contributed by atoms with Crippen LogP contribution in [0.15, 0.2) is 41.7 Å². The van der Waals surface area contributed by atoms with Crippen LogP contribution in [0, 0.1) is 6.92 Å². The van der Waals surface area contributed by atoms with Gasteiger partial charge in [0, 0.05) is 11.6 Å². The Labute approximate surface area is 168 Å². The molecular formula is C19H25N7OS. The number of rotatable bonds is 7. The van der Waals surface area contributed by atoms with Crippen molar-refractivity contribution in [3.63, 3.8) is 0 Å². The molecule has 28 heavy (non-hydrogen) atoms. The summed E-state index contributed by atoms with van der Waals surface area (Å²) in [6, 6.07) is 9.88. The topological polar surface area (TPSA) is 104 Å². The van der Waals surface area contributed by atoms with Crippen LogP contribution in [-0.4, -0.2) is 35.8 Å². The van der Waals surface area contributed by atoms with Crippen molar-refractivity contribution in [2.75, 3.05) is 11.2 Å². The third kappa shape index (κ3) is 4.19. The lowest BCUT2D eigenvalue weighted by Crippen LogP contribution is -2.25. The monoisotopic (exact) mass is 399 g/mol. The molecule has 0 bridgehead atoms. The van der Waals surface area contributed by atoms with Crippen molar-refractivity contribution in [2.45, 2.75) is 50.6 Å². The van der Waals surface area contributed by atoms with Crippen molar-refractivity contribution in [1.82, 2.24) is 24.7 Å². The van der Waals surface area contributed by atoms with Crippen LogP contribution < -0.4 is 11.2 Å². The Morgan fingerprint density at radius 2 is 1.93 bits per heavy atom. The minimum absolute atomic E-state index is 0.144. The average molecular weight is 400 g/mol. The zero-order valence-corrected chi connectivity index (χ0v) is 17.3. The molecule has 0 saturated carbocycles. The quantitative estimate of drug-likeness (QED) is 0.467. The van der Waals surface area contributed by atoms with Crippen LogP contribution in [0.25, 0.3) is 11.4 Å². The van der Waals surface area contributed by atoms with Crippen LogP contribution in [0.5, 0.6) is 0 Å². The smallest absolute Gasteiger partial charge is 0.238 e. The van der Waals surface area contributed by atoms with Crippen LogP contribution >= 0.6 is 11.8 Å². The van der Waals surface area contributed by atoms with Crippen LogP contribution in [-0.2, 0) is 4.79 Å². The number of hydrogen-bond donors (Lipinski definition) is 2. The highest BCUT2D eigenvalue weighted by Crippen LogP contribution is 2.26. The van der Waals surface area contributed by atoms with Gasteiger partial charge in [-0.15, -0.1) is 10.2 Å². The molecule has 0 radical (unpaired) electrons. The SMILES string of the molecule is CC[C@@H](C)n1nccc1NC(=O)[C@H](C)Sc1nnc(-c2ccc(C)cc2)n1N. The summed E-state index contributed by atoms with van der Waals surface area (Å²) in [5.41, 5.74) is 2.03. The van der Waals surface area contributed by atoms with Crippen LogP contribution in [0.2, 0.25) is 0 Å². The first kappa shape index (κ1) is 19.9. The fraction of sp³-hybridized carbons (Fsp3) is 0.368. The number of thioether (sulfide) groups is 1. The molecular weight excluding hydrogens is 374 g/mol. The first-order valence-corrected chi connectivity index (χ1v) is 10.1. The molecule has 3 rings (SSSR count). The second-order valence-corrected chi connectivity index (χ2v) is 8.02. The largest absolute Gasteiger partial charge is 0.335 e. The Balaban J connectivity index is 1.70. The van der Waals surface area contributed by atoms with Gasteiger partial charge in [-0.05, 0) is 27.2 Å². The number of hydrogen-bond acceptors (Lipinski definition) is 6. The molecule has 0 spiro atoms. The molecule has 0 aliphatic heterocycles. The normalized spacial score (nSPS) is 13.3. The molecule has 2 atom stereocenters. The Morgan fingerprint density at radius 3 is 2.61 bits per heavy atom. The molecule has 1 aromatic carbocycles. The number of nitrogen functional groups attached to an aromatic ring is 1. The average Bonchev–Trinajstić information content (AvgIpc) is 3.29. The fourth-order valence-corrected chi connectivity index (χ4v) is 3.40. The number of carbonyl (C=O) groups excluding carboxylic acids is 1. The van der Waals surface area contributed by atoms with E-state index in [-0.39, 0.29) is 11.9 Å². The summed E-state index contributed by atoms with van der Waals surface area (Å²) >= 11 is 1.26. The summed E-state index contributed by atoms with van der Waals surface area (Å²) in [6.45, 7) is 7.97. The highest BCUT2D eigenvalue weighted by Gasteiger charge is 2.21. The zero-order chi connectivity index (χ0) is 20.3. The van der Waals surface area contributed by atoms with Gasteiger partial charge < -0.3 is 11.2 Å². The molecule has 0 saturated heterocycles. The predicted molar refractivity (Wildman–Crippen MR) is 112 cm³/mol. The number of nitrogens with two attached hydrogens (primary N) is 1. The second-order valence-electron chi connectivity index (χ2n) is 6.71. The van der Waals surface area contributed by atoms with E-state index in [4.69, 9.17) is 5.84 Å². The van der Waals surface area contributed by atoms with E-state index in [0.29, 0.717) is 16.8 Å². The molecule has 0 unspecified atom stereocenters. The summed E-state index contributed by atoms with van der Waals surface area (Å²) in [5.74, 6) is 7.26. The standard InChI is InChI=1S/C19H25N7OS/c1-5-13(3)26-16(10-11-21-26)22-18(27)14(4)28-19-24-23-17(25(19)20)15-8-6-12(2)7-9-15/h6-11,13-14H,5,20H2,1-4H3,(H,22,27)/t13-,14+/m1/s1. The van der Waals surface area contributed by atoms with Gasteiger partial charge in [-0.2, -0.15) is 5.10 Å². The second kappa shape index (κ2) is 8.47. The molecule has 3 N–H and O–H groups in total. The first-order chi connectivity index (χ1) is 13.4. The van der Waals surface area contributed by atoms with E-state index in [9.17, 15) is 4.79 Å².